The van der Waals surface area contributed by atoms with Crippen molar-refractivity contribution in [3.8, 4) is 6.07 Å². The molecule has 2 N–H and O–H groups in total. The highest BCUT2D eigenvalue weighted by Gasteiger charge is 2.10. The van der Waals surface area contributed by atoms with Crippen LogP contribution in [0, 0.1) is 11.3 Å². The Morgan fingerprint density at radius 2 is 2.08 bits per heavy atom. The number of nitriles is 1. The number of guanidine groups is 1. The molecule has 12 heavy (non-hydrogen) atoms. The van der Waals surface area contributed by atoms with Crippen molar-refractivity contribution in [3.05, 3.63) is 0 Å². The monoisotopic (exact) mass is 168 g/mol. The average molecular weight is 168 g/mol. The molecule has 0 heterocycles. The summed E-state index contributed by atoms with van der Waals surface area (Å²) in [6.45, 7) is 6.28. The molecule has 0 fully saturated rings. The third-order valence-corrected chi connectivity index (χ3v) is 1.04. The Labute approximate surface area is 73.7 Å². The summed E-state index contributed by atoms with van der Waals surface area (Å²) in [6.07, 6.45) is 0. The molecule has 0 unspecified atom stereocenters. The molecule has 0 saturated heterocycles. The first kappa shape index (κ1) is 10.8. The molecule has 0 aromatic rings. The van der Waals surface area contributed by atoms with Crippen molar-refractivity contribution in [2.75, 3.05) is 13.6 Å². The minimum atomic E-state index is -0.0305. The Balaban J connectivity index is 4.10. The van der Waals surface area contributed by atoms with Gasteiger partial charge in [-0.15, -0.1) is 0 Å². The highest BCUT2D eigenvalue weighted by Crippen LogP contribution is 1.97. The Morgan fingerprint density at radius 3 is 2.42 bits per heavy atom. The molecule has 0 saturated carbocycles. The van der Waals surface area contributed by atoms with Gasteiger partial charge in [0.2, 0.25) is 0 Å². The molecule has 0 aliphatic rings. The van der Waals surface area contributed by atoms with Crippen LogP contribution in [0.3, 0.4) is 0 Å². The summed E-state index contributed by atoms with van der Waals surface area (Å²) in [6, 6.07) is 1.95. The summed E-state index contributed by atoms with van der Waals surface area (Å²) >= 11 is 0. The van der Waals surface area contributed by atoms with E-state index in [4.69, 9.17) is 5.26 Å². The molecule has 68 valence electrons. The van der Waals surface area contributed by atoms with Crippen molar-refractivity contribution >= 4 is 5.96 Å². The van der Waals surface area contributed by atoms with Gasteiger partial charge in [0, 0.05) is 12.6 Å². The van der Waals surface area contributed by atoms with Gasteiger partial charge < -0.3 is 10.6 Å². The number of hydrogen-bond acceptors (Lipinski definition) is 2. The van der Waals surface area contributed by atoms with Crippen LogP contribution in [-0.2, 0) is 0 Å². The van der Waals surface area contributed by atoms with Gasteiger partial charge >= 0.3 is 0 Å². The maximum absolute atomic E-state index is 8.30. The molecule has 4 heteroatoms. The summed E-state index contributed by atoms with van der Waals surface area (Å²) in [5.74, 6) is 0.657. The van der Waals surface area contributed by atoms with E-state index in [2.05, 4.69) is 15.6 Å². The fourth-order valence-electron chi connectivity index (χ4n) is 0.651. The molecular formula is C8H16N4. The van der Waals surface area contributed by atoms with E-state index in [1.165, 1.54) is 0 Å². The summed E-state index contributed by atoms with van der Waals surface area (Å²) in [5, 5.41) is 14.3. The van der Waals surface area contributed by atoms with Crippen LogP contribution in [0.15, 0.2) is 4.99 Å². The minimum Gasteiger partial charge on any atom is -0.359 e. The maximum Gasteiger partial charge on any atom is 0.192 e. The molecule has 0 aromatic carbocycles. The molecule has 0 aliphatic heterocycles. The smallest absolute Gasteiger partial charge is 0.192 e. The van der Waals surface area contributed by atoms with Gasteiger partial charge in [0.1, 0.15) is 6.54 Å². The van der Waals surface area contributed by atoms with Gasteiger partial charge in [-0.25, -0.2) is 4.99 Å². The van der Waals surface area contributed by atoms with Crippen molar-refractivity contribution < 1.29 is 0 Å². The van der Waals surface area contributed by atoms with Gasteiger partial charge in [0.05, 0.1) is 6.07 Å². The van der Waals surface area contributed by atoms with E-state index in [1.807, 2.05) is 26.8 Å². The molecule has 0 aromatic heterocycles. The zero-order valence-electron chi connectivity index (χ0n) is 8.10. The molecule has 0 spiro atoms. The molecule has 0 atom stereocenters. The van der Waals surface area contributed by atoms with Crippen LogP contribution < -0.4 is 10.6 Å². The van der Waals surface area contributed by atoms with Crippen LogP contribution in [0.5, 0.6) is 0 Å². The van der Waals surface area contributed by atoms with E-state index in [0.717, 1.165) is 0 Å². The van der Waals surface area contributed by atoms with E-state index in [-0.39, 0.29) is 12.1 Å². The standard InChI is InChI=1S/C8H16N4/c1-8(2,3)12-7(10-4)11-6-5-9/h6H2,1-4H3,(H2,10,11,12). The Hall–Kier alpha value is -1.24. The van der Waals surface area contributed by atoms with E-state index < -0.39 is 0 Å². The fourth-order valence-corrected chi connectivity index (χ4v) is 0.651. The zero-order valence-corrected chi connectivity index (χ0v) is 8.10. The number of nitrogens with zero attached hydrogens (tertiary/aromatic N) is 2. The Morgan fingerprint density at radius 1 is 1.50 bits per heavy atom. The number of aliphatic imine (C=N–C) groups is 1. The lowest BCUT2D eigenvalue weighted by atomic mass is 10.1. The van der Waals surface area contributed by atoms with Crippen LogP contribution in [0.1, 0.15) is 20.8 Å². The normalized spacial score (nSPS) is 12.1. The largest absolute Gasteiger partial charge is 0.359 e. The van der Waals surface area contributed by atoms with Crippen LogP contribution in [0.2, 0.25) is 0 Å². The lowest BCUT2D eigenvalue weighted by molar-refractivity contribution is 0.504. The van der Waals surface area contributed by atoms with Crippen LogP contribution in [0.4, 0.5) is 0 Å². The predicted octanol–water partition coefficient (Wildman–Crippen LogP) is 0.473. The third kappa shape index (κ3) is 5.54. The SMILES string of the molecule is CN/C(=N\CC#N)NC(C)(C)C. The second-order valence-corrected chi connectivity index (χ2v) is 3.45. The van der Waals surface area contributed by atoms with Gasteiger partial charge in [0.15, 0.2) is 5.96 Å². The van der Waals surface area contributed by atoms with Crippen LogP contribution >= 0.6 is 0 Å². The van der Waals surface area contributed by atoms with Gasteiger partial charge in [-0.3, -0.25) is 0 Å². The van der Waals surface area contributed by atoms with Crippen LogP contribution in [0.25, 0.3) is 0 Å². The van der Waals surface area contributed by atoms with E-state index in [0.29, 0.717) is 5.96 Å². The van der Waals surface area contributed by atoms with Crippen molar-refractivity contribution in [2.24, 2.45) is 4.99 Å². The second kappa shape index (κ2) is 4.60. The summed E-state index contributed by atoms with van der Waals surface area (Å²) in [5.41, 5.74) is -0.0305. The predicted molar refractivity (Wildman–Crippen MR) is 49.9 cm³/mol. The van der Waals surface area contributed by atoms with Crippen LogP contribution in [-0.4, -0.2) is 25.1 Å². The third-order valence-electron chi connectivity index (χ3n) is 1.04. The second-order valence-electron chi connectivity index (χ2n) is 3.45. The summed E-state index contributed by atoms with van der Waals surface area (Å²) < 4.78 is 0. The highest BCUT2D eigenvalue weighted by atomic mass is 15.2. The van der Waals surface area contributed by atoms with Gasteiger partial charge in [-0.1, -0.05) is 0 Å². The molecule has 0 bridgehead atoms. The minimum absolute atomic E-state index is 0.0305. The molecular weight excluding hydrogens is 152 g/mol. The first-order valence-electron chi connectivity index (χ1n) is 3.87. The van der Waals surface area contributed by atoms with Gasteiger partial charge in [-0.2, -0.15) is 5.26 Å². The lowest BCUT2D eigenvalue weighted by Crippen LogP contribution is -2.46. The topological polar surface area (TPSA) is 60.2 Å². The first-order valence-corrected chi connectivity index (χ1v) is 3.87. The van der Waals surface area contributed by atoms with E-state index >= 15 is 0 Å². The molecule has 0 amide bonds. The van der Waals surface area contributed by atoms with Gasteiger partial charge in [-0.05, 0) is 20.8 Å². The summed E-state index contributed by atoms with van der Waals surface area (Å²) in [7, 11) is 1.77. The van der Waals surface area contributed by atoms with Crippen molar-refractivity contribution in [1.82, 2.24) is 10.6 Å². The van der Waals surface area contributed by atoms with Crippen molar-refractivity contribution in [3.63, 3.8) is 0 Å². The average Bonchev–Trinajstić information content (AvgIpc) is 1.95. The van der Waals surface area contributed by atoms with Crippen molar-refractivity contribution in [1.29, 1.82) is 5.26 Å². The highest BCUT2D eigenvalue weighted by molar-refractivity contribution is 5.80. The molecule has 4 nitrogen and oxygen atoms in total. The molecule has 0 radical (unpaired) electrons. The summed E-state index contributed by atoms with van der Waals surface area (Å²) in [4.78, 5) is 3.98. The van der Waals surface area contributed by atoms with E-state index in [1.54, 1.807) is 7.05 Å². The molecule has 0 rings (SSSR count). The van der Waals surface area contributed by atoms with Crippen molar-refractivity contribution in [2.45, 2.75) is 26.3 Å². The Bertz CT molecular complexity index is 194. The quantitative estimate of drug-likeness (QED) is 0.340. The number of nitrogens with one attached hydrogen (secondary N) is 2. The zero-order chi connectivity index (χ0) is 9.61. The van der Waals surface area contributed by atoms with E-state index in [9.17, 15) is 0 Å². The first-order chi connectivity index (χ1) is 5.49. The number of rotatable bonds is 1. The van der Waals surface area contributed by atoms with Gasteiger partial charge in [0.25, 0.3) is 0 Å². The fraction of sp³-hybridized carbons (Fsp3) is 0.750. The number of hydrogen-bond donors (Lipinski definition) is 2. The Kier molecular flexibility index (Phi) is 4.12. The lowest BCUT2D eigenvalue weighted by Gasteiger charge is -2.22. The molecule has 0 aliphatic carbocycles. The maximum atomic E-state index is 8.30.